The van der Waals surface area contributed by atoms with Gasteiger partial charge in [0.1, 0.15) is 18.4 Å². The summed E-state index contributed by atoms with van der Waals surface area (Å²) >= 11 is 12.4. The summed E-state index contributed by atoms with van der Waals surface area (Å²) in [4.78, 5) is 28.9. The topological polar surface area (TPSA) is 86.8 Å². The second kappa shape index (κ2) is 13.7. The molecule has 0 bridgehead atoms. The summed E-state index contributed by atoms with van der Waals surface area (Å²) in [5.41, 5.74) is 0.694. The Kier molecular flexibility index (Phi) is 10.3. The normalized spacial score (nSPS) is 14.4. The molecule has 1 fully saturated rings. The fourth-order valence-corrected chi connectivity index (χ4v) is 6.94. The molecule has 4 rings (SSSR count). The monoisotopic (exact) mass is 619 g/mol. The van der Waals surface area contributed by atoms with Gasteiger partial charge in [0.05, 0.1) is 10.6 Å². The van der Waals surface area contributed by atoms with E-state index in [2.05, 4.69) is 5.32 Å². The maximum Gasteiger partial charge on any atom is 0.264 e. The summed E-state index contributed by atoms with van der Waals surface area (Å²) < 4.78 is 42.3. The number of nitrogens with zero attached hydrogens (tertiary/aromatic N) is 2. The number of carbonyl (C=O) groups is 2. The van der Waals surface area contributed by atoms with Gasteiger partial charge in [-0.2, -0.15) is 0 Å². The minimum atomic E-state index is -4.25. The fraction of sp³-hybridized carbons (Fsp3) is 0.333. The largest absolute Gasteiger partial charge is 0.352 e. The van der Waals surface area contributed by atoms with Crippen molar-refractivity contribution in [2.45, 2.75) is 62.6 Å². The molecular weight excluding hydrogens is 588 g/mol. The highest BCUT2D eigenvalue weighted by Gasteiger charge is 2.34. The van der Waals surface area contributed by atoms with Gasteiger partial charge in [-0.15, -0.1) is 0 Å². The molecule has 0 spiro atoms. The highest BCUT2D eigenvalue weighted by Crippen LogP contribution is 2.30. The van der Waals surface area contributed by atoms with Crippen LogP contribution in [-0.4, -0.2) is 43.8 Å². The first-order chi connectivity index (χ1) is 19.6. The van der Waals surface area contributed by atoms with Gasteiger partial charge in [0.2, 0.25) is 11.8 Å². The van der Waals surface area contributed by atoms with Crippen LogP contribution >= 0.6 is 23.2 Å². The molecule has 0 aromatic heterocycles. The van der Waals surface area contributed by atoms with Crippen molar-refractivity contribution in [3.8, 4) is 0 Å². The van der Waals surface area contributed by atoms with Gasteiger partial charge < -0.3 is 10.2 Å². The Hall–Kier alpha value is -3.14. The number of hydrogen-bond acceptors (Lipinski definition) is 4. The Balaban J connectivity index is 1.72. The van der Waals surface area contributed by atoms with E-state index >= 15 is 0 Å². The van der Waals surface area contributed by atoms with Crippen molar-refractivity contribution >= 4 is 50.7 Å². The average Bonchev–Trinajstić information content (AvgIpc) is 3.45. The van der Waals surface area contributed by atoms with E-state index in [-0.39, 0.29) is 39.1 Å². The van der Waals surface area contributed by atoms with Crippen molar-refractivity contribution in [3.05, 3.63) is 94.2 Å². The van der Waals surface area contributed by atoms with Crippen LogP contribution in [0.25, 0.3) is 0 Å². The van der Waals surface area contributed by atoms with E-state index in [4.69, 9.17) is 23.2 Å². The van der Waals surface area contributed by atoms with E-state index in [1.807, 2.05) is 0 Å². The molecule has 0 radical (unpaired) electrons. The second-order valence-corrected chi connectivity index (χ2v) is 12.7. The highest BCUT2D eigenvalue weighted by molar-refractivity contribution is 7.92. The molecule has 1 aliphatic carbocycles. The number of hydrogen-bond donors (Lipinski definition) is 1. The third kappa shape index (κ3) is 7.78. The van der Waals surface area contributed by atoms with Crippen LogP contribution in [0.3, 0.4) is 0 Å². The first kappa shape index (κ1) is 30.8. The summed E-state index contributed by atoms with van der Waals surface area (Å²) in [6, 6.07) is 16.8. The SMILES string of the molecule is CC[C@H](C(=O)NC1CCCC1)N(Cc1ccc(F)cc1)C(=O)CN(c1cc(Cl)cc(Cl)c1)S(=O)(=O)c1ccccc1. The number of amides is 2. The maximum absolute atomic E-state index is 14.1. The third-order valence-corrected chi connectivity index (χ3v) is 9.32. The number of carbonyl (C=O) groups excluding carboxylic acids is 2. The van der Waals surface area contributed by atoms with Gasteiger partial charge in [0.25, 0.3) is 10.0 Å². The van der Waals surface area contributed by atoms with Crippen molar-refractivity contribution in [2.75, 3.05) is 10.8 Å². The number of benzene rings is 3. The van der Waals surface area contributed by atoms with Crippen LogP contribution in [-0.2, 0) is 26.2 Å². The van der Waals surface area contributed by atoms with E-state index < -0.39 is 34.3 Å². The molecule has 3 aromatic rings. The molecule has 1 saturated carbocycles. The molecule has 0 aliphatic heterocycles. The van der Waals surface area contributed by atoms with Gasteiger partial charge in [-0.25, -0.2) is 12.8 Å². The number of halogens is 3. The first-order valence-electron chi connectivity index (χ1n) is 13.5. The van der Waals surface area contributed by atoms with E-state index in [1.54, 1.807) is 25.1 Å². The number of anilines is 1. The molecular formula is C30H32Cl2FN3O4S. The Morgan fingerprint density at radius 3 is 2.17 bits per heavy atom. The Labute approximate surface area is 250 Å². The van der Waals surface area contributed by atoms with Gasteiger partial charge in [0, 0.05) is 22.6 Å². The summed E-state index contributed by atoms with van der Waals surface area (Å²) in [7, 11) is -4.25. The lowest BCUT2D eigenvalue weighted by atomic mass is 10.1. The molecule has 3 aromatic carbocycles. The molecule has 0 unspecified atom stereocenters. The van der Waals surface area contributed by atoms with Crippen molar-refractivity contribution in [1.82, 2.24) is 10.2 Å². The summed E-state index contributed by atoms with van der Waals surface area (Å²) in [6.45, 7) is 1.15. The molecule has 41 heavy (non-hydrogen) atoms. The van der Waals surface area contributed by atoms with E-state index in [9.17, 15) is 22.4 Å². The van der Waals surface area contributed by atoms with Crippen LogP contribution in [0.5, 0.6) is 0 Å². The Morgan fingerprint density at radius 2 is 1.59 bits per heavy atom. The molecule has 1 atom stereocenters. The molecule has 11 heteroatoms. The number of sulfonamides is 1. The predicted octanol–water partition coefficient (Wildman–Crippen LogP) is 6.19. The molecule has 0 heterocycles. The van der Waals surface area contributed by atoms with Crippen LogP contribution in [0.4, 0.5) is 10.1 Å². The average molecular weight is 621 g/mol. The summed E-state index contributed by atoms with van der Waals surface area (Å²) in [5.74, 6) is -1.35. The standard InChI is InChI=1S/C30H32Cl2FN3O4S/c1-2-28(30(38)34-25-8-6-7-9-25)35(19-21-12-14-24(33)15-13-21)29(37)20-36(26-17-22(31)16-23(32)18-26)41(39,40)27-10-4-3-5-11-27/h3-5,10-18,25,28H,2,6-9,19-20H2,1H3,(H,34,38)/t28-/m1/s1. The van der Waals surface area contributed by atoms with Gasteiger partial charge in [-0.1, -0.05) is 73.3 Å². The molecule has 0 saturated heterocycles. The lowest BCUT2D eigenvalue weighted by Gasteiger charge is -2.34. The smallest absolute Gasteiger partial charge is 0.264 e. The van der Waals surface area contributed by atoms with Crippen LogP contribution in [0.2, 0.25) is 10.0 Å². The minimum absolute atomic E-state index is 0.0226. The lowest BCUT2D eigenvalue weighted by Crippen LogP contribution is -2.53. The number of rotatable bonds is 11. The zero-order valence-corrected chi connectivity index (χ0v) is 24.9. The van der Waals surface area contributed by atoms with Crippen LogP contribution < -0.4 is 9.62 Å². The van der Waals surface area contributed by atoms with Crippen LogP contribution in [0.1, 0.15) is 44.6 Å². The summed E-state index contributed by atoms with van der Waals surface area (Å²) in [5, 5.41) is 3.44. The maximum atomic E-state index is 14.1. The molecule has 7 nitrogen and oxygen atoms in total. The first-order valence-corrected chi connectivity index (χ1v) is 15.7. The molecule has 218 valence electrons. The van der Waals surface area contributed by atoms with E-state index in [1.165, 1.54) is 59.5 Å². The van der Waals surface area contributed by atoms with Crippen molar-refractivity contribution in [3.63, 3.8) is 0 Å². The molecule has 1 N–H and O–H groups in total. The van der Waals surface area contributed by atoms with Crippen molar-refractivity contribution in [2.24, 2.45) is 0 Å². The summed E-state index contributed by atoms with van der Waals surface area (Å²) in [6.07, 6.45) is 4.07. The quantitative estimate of drug-likeness (QED) is 0.277. The van der Waals surface area contributed by atoms with Crippen molar-refractivity contribution < 1.29 is 22.4 Å². The lowest BCUT2D eigenvalue weighted by molar-refractivity contribution is -0.140. The highest BCUT2D eigenvalue weighted by atomic mass is 35.5. The van der Waals surface area contributed by atoms with Gasteiger partial charge in [-0.05, 0) is 67.3 Å². The predicted molar refractivity (Wildman–Crippen MR) is 159 cm³/mol. The molecule has 2 amide bonds. The zero-order valence-electron chi connectivity index (χ0n) is 22.6. The van der Waals surface area contributed by atoms with E-state index in [0.717, 1.165) is 30.0 Å². The van der Waals surface area contributed by atoms with Gasteiger partial charge in [-0.3, -0.25) is 13.9 Å². The molecule has 1 aliphatic rings. The Bertz CT molecular complexity index is 1450. The zero-order chi connectivity index (χ0) is 29.6. The van der Waals surface area contributed by atoms with Crippen LogP contribution in [0, 0.1) is 5.82 Å². The van der Waals surface area contributed by atoms with Crippen molar-refractivity contribution in [1.29, 1.82) is 0 Å². The Morgan fingerprint density at radius 1 is 0.976 bits per heavy atom. The van der Waals surface area contributed by atoms with Crippen LogP contribution in [0.15, 0.2) is 77.7 Å². The second-order valence-electron chi connectivity index (χ2n) is 10.0. The third-order valence-electron chi connectivity index (χ3n) is 7.10. The fourth-order valence-electron chi connectivity index (χ4n) is 5.01. The van der Waals surface area contributed by atoms with Gasteiger partial charge in [0.15, 0.2) is 0 Å². The number of nitrogens with one attached hydrogen (secondary N) is 1. The minimum Gasteiger partial charge on any atom is -0.352 e. The van der Waals surface area contributed by atoms with Gasteiger partial charge >= 0.3 is 0 Å². The van der Waals surface area contributed by atoms with E-state index in [0.29, 0.717) is 12.0 Å².